The van der Waals surface area contributed by atoms with E-state index in [2.05, 4.69) is 164 Å². The highest BCUT2D eigenvalue weighted by molar-refractivity contribution is 7.27. The minimum Gasteiger partial charge on any atom is -0.228 e. The standard InChI is InChI=1S/C50H28N2S2/c1-2-12-29(13-3-1)50-51-42(32-22-23-45-38(25-32)36-19-10-11-21-44(36)53-45)28-43(52-50)40-27-39-35-18-7-6-16-33(35)34-17-8-9-20-37(34)47(39)49-48(40)41-24-30-14-4-5-15-31(30)26-46(41)54-49/h1-28H. The van der Waals surface area contributed by atoms with Gasteiger partial charge in [0, 0.05) is 62.4 Å². The van der Waals surface area contributed by atoms with Crippen LogP contribution in [0, 0.1) is 0 Å². The van der Waals surface area contributed by atoms with E-state index in [0.717, 1.165) is 33.9 Å². The van der Waals surface area contributed by atoms with Gasteiger partial charge in [0.15, 0.2) is 5.82 Å². The molecule has 3 aromatic heterocycles. The molecular formula is C50H28N2S2. The van der Waals surface area contributed by atoms with Gasteiger partial charge in [0.1, 0.15) is 0 Å². The molecule has 0 bridgehead atoms. The minimum absolute atomic E-state index is 0.722. The topological polar surface area (TPSA) is 25.8 Å². The Morgan fingerprint density at radius 3 is 1.78 bits per heavy atom. The van der Waals surface area contributed by atoms with Crippen molar-refractivity contribution in [1.29, 1.82) is 0 Å². The molecule has 2 nitrogen and oxygen atoms in total. The van der Waals surface area contributed by atoms with Gasteiger partial charge < -0.3 is 0 Å². The molecule has 0 saturated carbocycles. The molecular weight excluding hydrogens is 693 g/mol. The van der Waals surface area contributed by atoms with E-state index in [4.69, 9.17) is 9.97 Å². The molecule has 0 saturated heterocycles. The second kappa shape index (κ2) is 11.5. The van der Waals surface area contributed by atoms with E-state index in [1.807, 2.05) is 28.7 Å². The third kappa shape index (κ3) is 4.45. The van der Waals surface area contributed by atoms with Gasteiger partial charge in [-0.05, 0) is 80.2 Å². The fourth-order valence-corrected chi connectivity index (χ4v) is 10.9. The van der Waals surface area contributed by atoms with Crippen LogP contribution < -0.4 is 0 Å². The summed E-state index contributed by atoms with van der Waals surface area (Å²) in [6, 6.07) is 61.8. The monoisotopic (exact) mass is 720 g/mol. The van der Waals surface area contributed by atoms with Crippen molar-refractivity contribution in [1.82, 2.24) is 9.97 Å². The molecule has 0 aliphatic heterocycles. The van der Waals surface area contributed by atoms with Crippen LogP contribution in [0.1, 0.15) is 0 Å². The average molecular weight is 721 g/mol. The Morgan fingerprint density at radius 2 is 0.963 bits per heavy atom. The number of benzene rings is 9. The summed E-state index contributed by atoms with van der Waals surface area (Å²) >= 11 is 3.74. The summed E-state index contributed by atoms with van der Waals surface area (Å²) in [5, 5.41) is 15.2. The fourth-order valence-electron chi connectivity index (χ4n) is 8.54. The first-order chi connectivity index (χ1) is 26.7. The van der Waals surface area contributed by atoms with E-state index in [9.17, 15) is 0 Å². The van der Waals surface area contributed by atoms with Gasteiger partial charge in [0.25, 0.3) is 0 Å². The Kier molecular flexibility index (Phi) is 6.41. The molecule has 4 heteroatoms. The average Bonchev–Trinajstić information content (AvgIpc) is 3.80. The normalized spacial score (nSPS) is 12.1. The van der Waals surface area contributed by atoms with E-state index in [-0.39, 0.29) is 0 Å². The van der Waals surface area contributed by atoms with Crippen LogP contribution in [0.2, 0.25) is 0 Å². The Labute approximate surface area is 318 Å². The first-order valence-corrected chi connectivity index (χ1v) is 19.9. The molecule has 0 N–H and O–H groups in total. The van der Waals surface area contributed by atoms with Crippen LogP contribution in [0.15, 0.2) is 170 Å². The molecule has 12 rings (SSSR count). The molecule has 54 heavy (non-hydrogen) atoms. The van der Waals surface area contributed by atoms with E-state index < -0.39 is 0 Å². The number of rotatable bonds is 3. The van der Waals surface area contributed by atoms with Crippen LogP contribution in [0.3, 0.4) is 0 Å². The number of fused-ring (bicyclic) bond motifs is 14. The van der Waals surface area contributed by atoms with Crippen LogP contribution in [0.5, 0.6) is 0 Å². The molecule has 0 amide bonds. The van der Waals surface area contributed by atoms with Crippen LogP contribution in [0.25, 0.3) is 117 Å². The van der Waals surface area contributed by atoms with Crippen LogP contribution in [-0.2, 0) is 0 Å². The van der Waals surface area contributed by atoms with E-state index >= 15 is 0 Å². The van der Waals surface area contributed by atoms with Gasteiger partial charge >= 0.3 is 0 Å². The van der Waals surface area contributed by atoms with E-state index in [1.54, 1.807) is 0 Å². The van der Waals surface area contributed by atoms with Crippen molar-refractivity contribution in [2.45, 2.75) is 0 Å². The Balaban J connectivity index is 1.24. The Hall–Kier alpha value is -6.46. The third-order valence-corrected chi connectivity index (χ3v) is 13.3. The van der Waals surface area contributed by atoms with Gasteiger partial charge in [-0.15, -0.1) is 22.7 Å². The molecule has 0 aliphatic rings. The zero-order chi connectivity index (χ0) is 35.3. The van der Waals surface area contributed by atoms with Crippen molar-refractivity contribution >= 4 is 106 Å². The number of hydrogen-bond acceptors (Lipinski definition) is 4. The quantitative estimate of drug-likeness (QED) is 0.170. The number of hydrogen-bond donors (Lipinski definition) is 0. The highest BCUT2D eigenvalue weighted by atomic mass is 32.1. The molecule has 250 valence electrons. The lowest BCUT2D eigenvalue weighted by Crippen LogP contribution is -1.96. The molecule has 0 radical (unpaired) electrons. The minimum atomic E-state index is 0.722. The third-order valence-electron chi connectivity index (χ3n) is 11.0. The summed E-state index contributed by atoms with van der Waals surface area (Å²) in [5.41, 5.74) is 5.05. The lowest BCUT2D eigenvalue weighted by atomic mass is 9.90. The van der Waals surface area contributed by atoms with E-state index in [0.29, 0.717) is 0 Å². The SMILES string of the molecule is c1ccc(-c2nc(-c3ccc4sc5ccccc5c4c3)cc(-c3cc4c5ccccc5c5ccccc5c4c4sc5cc6ccccc6cc5c34)n2)cc1. The number of thiophene rings is 2. The van der Waals surface area contributed by atoms with E-state index in [1.165, 1.54) is 83.4 Å². The van der Waals surface area contributed by atoms with Gasteiger partial charge in [-0.25, -0.2) is 9.97 Å². The first kappa shape index (κ1) is 30.0. The largest absolute Gasteiger partial charge is 0.228 e. The lowest BCUT2D eigenvalue weighted by molar-refractivity contribution is 1.19. The molecule has 0 atom stereocenters. The maximum absolute atomic E-state index is 5.45. The highest BCUT2D eigenvalue weighted by Gasteiger charge is 2.22. The van der Waals surface area contributed by atoms with Crippen LogP contribution >= 0.6 is 22.7 Å². The van der Waals surface area contributed by atoms with Gasteiger partial charge in [-0.3, -0.25) is 0 Å². The summed E-state index contributed by atoms with van der Waals surface area (Å²) in [5.74, 6) is 0.722. The number of aromatic nitrogens is 2. The predicted molar refractivity (Wildman–Crippen MR) is 234 cm³/mol. The molecule has 0 aliphatic carbocycles. The van der Waals surface area contributed by atoms with Gasteiger partial charge in [0.2, 0.25) is 0 Å². The highest BCUT2D eigenvalue weighted by Crippen LogP contribution is 2.49. The molecule has 0 fully saturated rings. The smallest absolute Gasteiger partial charge is 0.160 e. The van der Waals surface area contributed by atoms with Crippen molar-refractivity contribution in [2.75, 3.05) is 0 Å². The molecule has 3 heterocycles. The summed E-state index contributed by atoms with van der Waals surface area (Å²) in [4.78, 5) is 10.7. The maximum atomic E-state index is 5.45. The molecule has 0 unspecified atom stereocenters. The summed E-state index contributed by atoms with van der Waals surface area (Å²) < 4.78 is 5.15. The Morgan fingerprint density at radius 1 is 0.333 bits per heavy atom. The molecule has 12 aromatic rings. The zero-order valence-electron chi connectivity index (χ0n) is 28.9. The van der Waals surface area contributed by atoms with Crippen LogP contribution in [-0.4, -0.2) is 9.97 Å². The van der Waals surface area contributed by atoms with Gasteiger partial charge in [-0.2, -0.15) is 0 Å². The Bertz CT molecular complexity index is 3500. The molecule has 0 spiro atoms. The maximum Gasteiger partial charge on any atom is 0.160 e. The summed E-state index contributed by atoms with van der Waals surface area (Å²) in [6.45, 7) is 0. The lowest BCUT2D eigenvalue weighted by Gasteiger charge is -2.15. The van der Waals surface area contributed by atoms with Crippen molar-refractivity contribution in [2.24, 2.45) is 0 Å². The van der Waals surface area contributed by atoms with Crippen molar-refractivity contribution in [3.63, 3.8) is 0 Å². The first-order valence-electron chi connectivity index (χ1n) is 18.2. The predicted octanol–water partition coefficient (Wildman–Crippen LogP) is 14.8. The molecule has 9 aromatic carbocycles. The second-order valence-electron chi connectivity index (χ2n) is 14.1. The van der Waals surface area contributed by atoms with Gasteiger partial charge in [0.05, 0.1) is 11.4 Å². The zero-order valence-corrected chi connectivity index (χ0v) is 30.5. The van der Waals surface area contributed by atoms with Crippen LogP contribution in [0.4, 0.5) is 0 Å². The number of nitrogens with zero attached hydrogens (tertiary/aromatic N) is 2. The van der Waals surface area contributed by atoms with Crippen molar-refractivity contribution < 1.29 is 0 Å². The second-order valence-corrected chi connectivity index (χ2v) is 16.2. The van der Waals surface area contributed by atoms with Crippen molar-refractivity contribution in [3.8, 4) is 33.9 Å². The summed E-state index contributed by atoms with van der Waals surface area (Å²) in [7, 11) is 0. The summed E-state index contributed by atoms with van der Waals surface area (Å²) in [6.07, 6.45) is 0. The fraction of sp³-hybridized carbons (Fsp3) is 0. The van der Waals surface area contributed by atoms with Gasteiger partial charge in [-0.1, -0.05) is 127 Å². The van der Waals surface area contributed by atoms with Crippen molar-refractivity contribution in [3.05, 3.63) is 170 Å².